The van der Waals surface area contributed by atoms with E-state index in [0.717, 1.165) is 16.8 Å². The topological polar surface area (TPSA) is 78.4 Å². The van der Waals surface area contributed by atoms with Gasteiger partial charge in [0, 0.05) is 28.0 Å². The molecule has 2 aromatic rings. The van der Waals surface area contributed by atoms with E-state index >= 15 is 0 Å². The first-order valence-corrected chi connectivity index (χ1v) is 10.4. The van der Waals surface area contributed by atoms with Crippen molar-refractivity contribution in [2.75, 3.05) is 10.6 Å². The Morgan fingerprint density at radius 1 is 0.778 bits per heavy atom. The molecule has 148 valence electrons. The van der Waals surface area contributed by atoms with Gasteiger partial charge in [-0.25, -0.2) is 0 Å². The van der Waals surface area contributed by atoms with Gasteiger partial charge < -0.3 is 10.6 Å². The van der Waals surface area contributed by atoms with Crippen LogP contribution in [-0.2, 0) is 10.1 Å². The highest BCUT2D eigenvalue weighted by atomic mass is 32.2. The molecule has 0 fully saturated rings. The fourth-order valence-corrected chi connectivity index (χ4v) is 3.68. The zero-order valence-corrected chi connectivity index (χ0v) is 18.0. The van der Waals surface area contributed by atoms with Gasteiger partial charge in [0.15, 0.2) is 0 Å². The lowest BCUT2D eigenvalue weighted by Crippen LogP contribution is -2.26. The molecule has 3 N–H and O–H groups in total. The van der Waals surface area contributed by atoms with Crippen LogP contribution in [0, 0.1) is 6.92 Å². The summed E-state index contributed by atoms with van der Waals surface area (Å²) < 4.78 is 33.8. The summed E-state index contributed by atoms with van der Waals surface area (Å²) in [6.07, 6.45) is 0. The van der Waals surface area contributed by atoms with E-state index in [0.29, 0.717) is 11.3 Å². The summed E-state index contributed by atoms with van der Waals surface area (Å²) in [6.45, 7) is 14.1. The van der Waals surface area contributed by atoms with Crippen molar-refractivity contribution in [3.63, 3.8) is 0 Å². The lowest BCUT2D eigenvalue weighted by molar-refractivity contribution is 0.483. The summed E-state index contributed by atoms with van der Waals surface area (Å²) in [6, 6.07) is 10.8. The van der Waals surface area contributed by atoms with Crippen LogP contribution in [-0.4, -0.2) is 24.0 Å². The maximum Gasteiger partial charge on any atom is 0.295 e. The summed E-state index contributed by atoms with van der Waals surface area (Å²) in [5, 5.41) is 6.64. The molecular formula is C21H30N2O3S. The van der Waals surface area contributed by atoms with Crippen molar-refractivity contribution in [2.45, 2.75) is 64.4 Å². The molecule has 6 heteroatoms. The average molecular weight is 391 g/mol. The normalized spacial score (nSPS) is 12.7. The molecule has 0 bridgehead atoms. The van der Waals surface area contributed by atoms with Crippen LogP contribution in [0.4, 0.5) is 11.4 Å². The van der Waals surface area contributed by atoms with Gasteiger partial charge in [0.1, 0.15) is 4.90 Å². The predicted octanol–water partition coefficient (Wildman–Crippen LogP) is 5.33. The second kappa shape index (κ2) is 7.17. The van der Waals surface area contributed by atoms with E-state index in [9.17, 15) is 13.0 Å². The van der Waals surface area contributed by atoms with E-state index in [4.69, 9.17) is 0 Å². The molecule has 0 radical (unpaired) electrons. The first-order valence-electron chi connectivity index (χ1n) is 8.95. The van der Waals surface area contributed by atoms with Gasteiger partial charge in [0.05, 0.1) is 0 Å². The largest absolute Gasteiger partial charge is 0.380 e. The number of rotatable bonds is 4. The van der Waals surface area contributed by atoms with Gasteiger partial charge in [0.25, 0.3) is 10.1 Å². The highest BCUT2D eigenvalue weighted by Gasteiger charge is 2.20. The highest BCUT2D eigenvalue weighted by molar-refractivity contribution is 7.86. The van der Waals surface area contributed by atoms with Crippen LogP contribution in [0.15, 0.2) is 41.3 Å². The highest BCUT2D eigenvalue weighted by Crippen LogP contribution is 2.34. The first kappa shape index (κ1) is 21.3. The van der Waals surface area contributed by atoms with E-state index < -0.39 is 10.1 Å². The number of nitrogens with one attached hydrogen (secondary N) is 2. The molecule has 27 heavy (non-hydrogen) atoms. The molecule has 0 unspecified atom stereocenters. The SMILES string of the molecule is Cc1cc(NC(C)(C)C)ccc1-c1ccc(NC(C)(C)C)cc1S(=O)(=O)O. The third kappa shape index (κ3) is 5.97. The summed E-state index contributed by atoms with van der Waals surface area (Å²) in [4.78, 5) is -0.101. The Morgan fingerprint density at radius 3 is 1.63 bits per heavy atom. The van der Waals surface area contributed by atoms with Gasteiger partial charge in [-0.05, 0) is 83.9 Å². The molecule has 0 heterocycles. The van der Waals surface area contributed by atoms with E-state index in [-0.39, 0.29) is 16.0 Å². The van der Waals surface area contributed by atoms with Gasteiger partial charge >= 0.3 is 0 Å². The van der Waals surface area contributed by atoms with Gasteiger partial charge in [-0.2, -0.15) is 8.42 Å². The van der Waals surface area contributed by atoms with Gasteiger partial charge in [-0.1, -0.05) is 12.1 Å². The molecule has 0 atom stereocenters. The molecule has 5 nitrogen and oxygen atoms in total. The molecule has 2 aromatic carbocycles. The second-order valence-corrected chi connectivity index (χ2v) is 10.4. The van der Waals surface area contributed by atoms with E-state index in [2.05, 4.69) is 31.4 Å². The Hall–Kier alpha value is -2.05. The Bertz CT molecular complexity index is 937. The maximum atomic E-state index is 12.0. The maximum absolute atomic E-state index is 12.0. The second-order valence-electron chi connectivity index (χ2n) is 8.97. The van der Waals surface area contributed by atoms with Crippen molar-refractivity contribution in [2.24, 2.45) is 0 Å². The standard InChI is InChI=1S/C21H30N2O3S/c1-14-12-15(22-20(2,3)4)8-10-17(14)18-11-9-16(23-21(5,6)7)13-19(18)27(24,25)26/h8-13,22-23H,1-7H3,(H,24,25,26). The van der Waals surface area contributed by atoms with Crippen LogP contribution >= 0.6 is 0 Å². The van der Waals surface area contributed by atoms with Crippen LogP contribution in [0.25, 0.3) is 11.1 Å². The smallest absolute Gasteiger partial charge is 0.295 e. The quantitative estimate of drug-likeness (QED) is 0.615. The third-order valence-corrected chi connectivity index (χ3v) is 4.71. The first-order chi connectivity index (χ1) is 12.2. The summed E-state index contributed by atoms with van der Waals surface area (Å²) >= 11 is 0. The Kier molecular flexibility index (Phi) is 5.64. The molecule has 0 amide bonds. The summed E-state index contributed by atoms with van der Waals surface area (Å²) in [5.41, 5.74) is 3.47. The van der Waals surface area contributed by atoms with Crippen molar-refractivity contribution >= 4 is 21.5 Å². The fourth-order valence-electron chi connectivity index (χ4n) is 2.95. The van der Waals surface area contributed by atoms with Crippen LogP contribution in [0.5, 0.6) is 0 Å². The van der Waals surface area contributed by atoms with Gasteiger partial charge in [-0.15, -0.1) is 0 Å². The van der Waals surface area contributed by atoms with E-state index in [1.165, 1.54) is 6.07 Å². The Morgan fingerprint density at radius 2 is 1.22 bits per heavy atom. The van der Waals surface area contributed by atoms with Gasteiger partial charge in [0.2, 0.25) is 0 Å². The fraction of sp³-hybridized carbons (Fsp3) is 0.429. The molecule has 0 saturated carbocycles. The zero-order chi connectivity index (χ0) is 20.6. The molecule has 0 aromatic heterocycles. The van der Waals surface area contributed by atoms with Crippen LogP contribution in [0.2, 0.25) is 0 Å². The number of hydrogen-bond acceptors (Lipinski definition) is 4. The third-order valence-electron chi connectivity index (χ3n) is 3.81. The molecule has 0 aliphatic heterocycles. The molecule has 0 spiro atoms. The van der Waals surface area contributed by atoms with Crippen molar-refractivity contribution in [3.8, 4) is 11.1 Å². The van der Waals surface area contributed by atoms with Crippen LogP contribution in [0.1, 0.15) is 47.1 Å². The Balaban J connectivity index is 2.55. The van der Waals surface area contributed by atoms with E-state index in [1.54, 1.807) is 6.07 Å². The number of aryl methyl sites for hydroxylation is 1. The van der Waals surface area contributed by atoms with Crippen LogP contribution in [0.3, 0.4) is 0 Å². The van der Waals surface area contributed by atoms with Crippen molar-refractivity contribution < 1.29 is 13.0 Å². The van der Waals surface area contributed by atoms with E-state index in [1.807, 2.05) is 52.0 Å². The minimum absolute atomic E-state index is 0.0756. The lowest BCUT2D eigenvalue weighted by atomic mass is 9.98. The monoisotopic (exact) mass is 390 g/mol. The molecule has 0 saturated heterocycles. The minimum atomic E-state index is -4.37. The van der Waals surface area contributed by atoms with Crippen molar-refractivity contribution in [1.82, 2.24) is 0 Å². The number of hydrogen-bond donors (Lipinski definition) is 3. The molecular weight excluding hydrogens is 360 g/mol. The molecule has 0 aliphatic rings. The predicted molar refractivity (Wildman–Crippen MR) is 113 cm³/mol. The average Bonchev–Trinajstić information content (AvgIpc) is 2.43. The summed E-state index contributed by atoms with van der Waals surface area (Å²) in [5.74, 6) is 0. The zero-order valence-electron chi connectivity index (χ0n) is 17.1. The van der Waals surface area contributed by atoms with Crippen molar-refractivity contribution in [1.29, 1.82) is 0 Å². The lowest BCUT2D eigenvalue weighted by Gasteiger charge is -2.24. The number of anilines is 2. The molecule has 2 rings (SSSR count). The van der Waals surface area contributed by atoms with Gasteiger partial charge in [-0.3, -0.25) is 4.55 Å². The van der Waals surface area contributed by atoms with Crippen molar-refractivity contribution in [3.05, 3.63) is 42.0 Å². The van der Waals surface area contributed by atoms with Crippen LogP contribution < -0.4 is 10.6 Å². The Labute approximate surface area is 163 Å². The summed E-state index contributed by atoms with van der Waals surface area (Å²) in [7, 11) is -4.37. The minimum Gasteiger partial charge on any atom is -0.380 e. The number of benzene rings is 2. The molecule has 0 aliphatic carbocycles.